The van der Waals surface area contributed by atoms with Crippen molar-refractivity contribution in [1.29, 1.82) is 0 Å². The summed E-state index contributed by atoms with van der Waals surface area (Å²) in [6.45, 7) is 8.65. The lowest BCUT2D eigenvalue weighted by molar-refractivity contribution is -0.160. The van der Waals surface area contributed by atoms with E-state index in [1.54, 1.807) is 18.7 Å². The average Bonchev–Trinajstić information content (AvgIpc) is 2.93. The van der Waals surface area contributed by atoms with Crippen molar-refractivity contribution >= 4 is 5.91 Å². The molecule has 1 fully saturated rings. The molecule has 150 valence electrons. The first-order valence-corrected chi connectivity index (χ1v) is 9.52. The number of ether oxygens (including phenoxy) is 1. The summed E-state index contributed by atoms with van der Waals surface area (Å²) >= 11 is 0. The highest BCUT2D eigenvalue weighted by atomic mass is 19.3. The Morgan fingerprint density at radius 3 is 2.44 bits per heavy atom. The lowest BCUT2D eigenvalue weighted by Gasteiger charge is -2.37. The molecule has 1 N–H and O–H groups in total. The highest BCUT2D eigenvalue weighted by Gasteiger charge is 2.50. The summed E-state index contributed by atoms with van der Waals surface area (Å²) in [5.74, 6) is -3.36. The first kappa shape index (κ1) is 20.2. The summed E-state index contributed by atoms with van der Waals surface area (Å²) in [5.41, 5.74) is 1.66. The maximum atomic E-state index is 13.0. The third kappa shape index (κ3) is 4.32. The maximum Gasteiger partial charge on any atom is 0.249 e. The summed E-state index contributed by atoms with van der Waals surface area (Å²) in [6.07, 6.45) is 0.0616. The number of halogens is 2. The topological polar surface area (TPSA) is 49.8 Å². The Morgan fingerprint density at radius 2 is 1.85 bits per heavy atom. The van der Waals surface area contributed by atoms with Crippen LogP contribution in [0.3, 0.4) is 0 Å². The summed E-state index contributed by atoms with van der Waals surface area (Å²) in [5, 5.41) is 10.1. The molecule has 1 aromatic carbocycles. The fourth-order valence-corrected chi connectivity index (χ4v) is 3.45. The lowest BCUT2D eigenvalue weighted by Crippen LogP contribution is -2.47. The van der Waals surface area contributed by atoms with E-state index < -0.39 is 23.0 Å². The van der Waals surface area contributed by atoms with Crippen LogP contribution < -0.4 is 0 Å². The van der Waals surface area contributed by atoms with Crippen LogP contribution in [0.15, 0.2) is 18.2 Å². The summed E-state index contributed by atoms with van der Waals surface area (Å²) in [6, 6.07) is 6.09. The Kier molecular flexibility index (Phi) is 5.10. The molecule has 0 spiro atoms. The summed E-state index contributed by atoms with van der Waals surface area (Å²) < 4.78 is 31.9. The lowest BCUT2D eigenvalue weighted by atomic mass is 9.80. The molecule has 0 radical (unpaired) electrons. The highest BCUT2D eigenvalue weighted by molar-refractivity contribution is 5.80. The number of hydrogen-bond acceptors (Lipinski definition) is 3. The van der Waals surface area contributed by atoms with Crippen molar-refractivity contribution in [3.8, 4) is 0 Å². The van der Waals surface area contributed by atoms with Gasteiger partial charge in [0, 0.05) is 31.8 Å². The number of amides is 1. The van der Waals surface area contributed by atoms with Gasteiger partial charge in [0.15, 0.2) is 0 Å². The molecule has 27 heavy (non-hydrogen) atoms. The molecular weight excluding hydrogens is 352 g/mol. The number of benzene rings is 1. The predicted molar refractivity (Wildman–Crippen MR) is 98.4 cm³/mol. The van der Waals surface area contributed by atoms with Gasteiger partial charge in [0.05, 0.1) is 17.8 Å². The van der Waals surface area contributed by atoms with Crippen molar-refractivity contribution in [2.75, 3.05) is 6.61 Å². The average molecular weight is 381 g/mol. The Morgan fingerprint density at radius 1 is 1.22 bits per heavy atom. The van der Waals surface area contributed by atoms with E-state index in [1.807, 2.05) is 26.0 Å². The van der Waals surface area contributed by atoms with E-state index in [4.69, 9.17) is 4.74 Å². The number of rotatable bonds is 6. The van der Waals surface area contributed by atoms with Crippen molar-refractivity contribution in [3.05, 3.63) is 34.9 Å². The molecule has 0 unspecified atom stereocenters. The van der Waals surface area contributed by atoms with Gasteiger partial charge in [-0.2, -0.15) is 0 Å². The number of alkyl halides is 2. The molecule has 2 aliphatic rings. The van der Waals surface area contributed by atoms with Crippen molar-refractivity contribution in [2.24, 2.45) is 5.92 Å². The Bertz CT molecular complexity index is 717. The largest absolute Gasteiger partial charge is 0.387 e. The summed E-state index contributed by atoms with van der Waals surface area (Å²) in [7, 11) is 0. The van der Waals surface area contributed by atoms with Gasteiger partial charge in [-0.1, -0.05) is 18.2 Å². The van der Waals surface area contributed by atoms with Crippen LogP contribution in [0, 0.1) is 5.92 Å². The van der Waals surface area contributed by atoms with Crippen LogP contribution in [0.2, 0.25) is 0 Å². The molecule has 0 atom stereocenters. The van der Waals surface area contributed by atoms with Crippen LogP contribution in [0.1, 0.15) is 57.2 Å². The van der Waals surface area contributed by atoms with Crippen LogP contribution in [0.5, 0.6) is 0 Å². The number of nitrogens with zero attached hydrogens (tertiary/aromatic N) is 1. The molecule has 0 bridgehead atoms. The van der Waals surface area contributed by atoms with Gasteiger partial charge in [-0.05, 0) is 50.8 Å². The number of hydrogen-bond donors (Lipinski definition) is 1. The van der Waals surface area contributed by atoms with E-state index in [0.717, 1.165) is 16.7 Å². The molecule has 6 heteroatoms. The van der Waals surface area contributed by atoms with Crippen molar-refractivity contribution in [1.82, 2.24) is 4.90 Å². The Balaban J connectivity index is 1.55. The van der Waals surface area contributed by atoms with Gasteiger partial charge in [0.2, 0.25) is 11.8 Å². The number of carbonyl (C=O) groups is 1. The molecule has 1 aromatic rings. The Labute approximate surface area is 159 Å². The minimum absolute atomic E-state index is 0.158. The van der Waals surface area contributed by atoms with E-state index >= 15 is 0 Å². The molecule has 3 rings (SSSR count). The van der Waals surface area contributed by atoms with Crippen LogP contribution in [0.25, 0.3) is 0 Å². The van der Waals surface area contributed by atoms with Gasteiger partial charge < -0.3 is 14.7 Å². The first-order valence-electron chi connectivity index (χ1n) is 9.52. The zero-order chi connectivity index (χ0) is 20.0. The normalized spacial score (nSPS) is 19.7. The highest BCUT2D eigenvalue weighted by Crippen LogP contribution is 2.44. The van der Waals surface area contributed by atoms with Gasteiger partial charge in [-0.25, -0.2) is 8.78 Å². The third-order valence-electron chi connectivity index (χ3n) is 6.07. The molecule has 1 aliphatic carbocycles. The SMILES string of the molecule is CC(C)(O)C(C)(C)OCCc1ccc2c(c1)CN(C(=O)C1CC(F)(F)C1)C2. The fourth-order valence-electron chi connectivity index (χ4n) is 3.45. The van der Waals surface area contributed by atoms with Gasteiger partial charge in [-0.3, -0.25) is 4.79 Å². The monoisotopic (exact) mass is 381 g/mol. The first-order chi connectivity index (χ1) is 12.4. The summed E-state index contributed by atoms with van der Waals surface area (Å²) in [4.78, 5) is 14.1. The third-order valence-corrected chi connectivity index (χ3v) is 6.07. The second-order valence-corrected chi connectivity index (χ2v) is 8.93. The van der Waals surface area contributed by atoms with Crippen molar-refractivity contribution in [3.63, 3.8) is 0 Å². The zero-order valence-electron chi connectivity index (χ0n) is 16.5. The van der Waals surface area contributed by atoms with Gasteiger partial charge in [-0.15, -0.1) is 0 Å². The smallest absolute Gasteiger partial charge is 0.249 e. The number of fused-ring (bicyclic) bond motifs is 1. The second kappa shape index (κ2) is 6.82. The molecule has 1 amide bonds. The van der Waals surface area contributed by atoms with E-state index in [-0.39, 0.29) is 18.7 Å². The maximum absolute atomic E-state index is 13.0. The van der Waals surface area contributed by atoms with E-state index in [2.05, 4.69) is 6.07 Å². The number of carbonyl (C=O) groups excluding carboxylic acids is 1. The van der Waals surface area contributed by atoms with Crippen LogP contribution in [-0.2, 0) is 29.0 Å². The molecule has 0 aromatic heterocycles. The van der Waals surface area contributed by atoms with Crippen molar-refractivity contribution < 1.29 is 23.4 Å². The molecule has 1 saturated carbocycles. The van der Waals surface area contributed by atoms with Crippen molar-refractivity contribution in [2.45, 2.75) is 77.2 Å². The van der Waals surface area contributed by atoms with Gasteiger partial charge in [0.25, 0.3) is 0 Å². The molecule has 0 saturated heterocycles. The fraction of sp³-hybridized carbons (Fsp3) is 0.667. The molecule has 1 heterocycles. The standard InChI is InChI=1S/C21H29F2NO3/c1-19(2,26)20(3,4)27-8-7-14-5-6-15-12-24(13-16(15)9-14)18(25)17-10-21(22,23)11-17/h5-6,9,17,26H,7-8,10-13H2,1-4H3. The van der Waals surface area contributed by atoms with Gasteiger partial charge >= 0.3 is 0 Å². The van der Waals surface area contributed by atoms with E-state index in [9.17, 15) is 18.7 Å². The molecule has 1 aliphatic heterocycles. The Hall–Kier alpha value is -1.53. The van der Waals surface area contributed by atoms with Crippen LogP contribution in [-0.4, -0.2) is 39.6 Å². The zero-order valence-corrected chi connectivity index (χ0v) is 16.5. The van der Waals surface area contributed by atoms with E-state index in [0.29, 0.717) is 26.1 Å². The predicted octanol–water partition coefficient (Wildman–Crippen LogP) is 3.68. The van der Waals surface area contributed by atoms with Crippen LogP contribution in [0.4, 0.5) is 8.78 Å². The quantitative estimate of drug-likeness (QED) is 0.818. The molecule has 4 nitrogen and oxygen atoms in total. The minimum Gasteiger partial charge on any atom is -0.387 e. The van der Waals surface area contributed by atoms with Gasteiger partial charge in [0.1, 0.15) is 0 Å². The second-order valence-electron chi connectivity index (χ2n) is 8.93. The number of aliphatic hydroxyl groups is 1. The molecular formula is C21H29F2NO3. The minimum atomic E-state index is -2.67. The van der Waals surface area contributed by atoms with E-state index in [1.165, 1.54) is 0 Å². The van der Waals surface area contributed by atoms with Crippen LogP contribution >= 0.6 is 0 Å².